The Morgan fingerprint density at radius 2 is 1.88 bits per heavy atom. The quantitative estimate of drug-likeness (QED) is 0.687. The maximum absolute atomic E-state index is 13.0. The first kappa shape index (κ1) is 17.2. The molecule has 26 heavy (non-hydrogen) atoms. The molecular formula is C19H18ClN3O2S. The number of halogens is 1. The second kappa shape index (κ2) is 7.21. The summed E-state index contributed by atoms with van der Waals surface area (Å²) in [5, 5.41) is 3.08. The van der Waals surface area contributed by atoms with Crippen LogP contribution >= 0.6 is 22.9 Å². The zero-order valence-electron chi connectivity index (χ0n) is 14.2. The summed E-state index contributed by atoms with van der Waals surface area (Å²) in [5.41, 5.74) is 1.41. The van der Waals surface area contributed by atoms with Crippen LogP contribution in [-0.4, -0.2) is 33.4 Å². The lowest BCUT2D eigenvalue weighted by Crippen LogP contribution is -2.39. The Balaban J connectivity index is 1.70. The highest BCUT2D eigenvalue weighted by Crippen LogP contribution is 2.32. The molecule has 0 unspecified atom stereocenters. The number of aromatic nitrogens is 2. The van der Waals surface area contributed by atoms with Gasteiger partial charge in [-0.15, -0.1) is 11.3 Å². The van der Waals surface area contributed by atoms with Gasteiger partial charge in [0.25, 0.3) is 5.56 Å². The van der Waals surface area contributed by atoms with Crippen molar-refractivity contribution in [3.8, 4) is 10.4 Å². The van der Waals surface area contributed by atoms with Crippen LogP contribution in [0.4, 0.5) is 0 Å². The lowest BCUT2D eigenvalue weighted by atomic mass is 10.1. The van der Waals surface area contributed by atoms with E-state index in [1.54, 1.807) is 12.1 Å². The molecule has 1 amide bonds. The summed E-state index contributed by atoms with van der Waals surface area (Å²) in [6, 6.07) is 7.39. The summed E-state index contributed by atoms with van der Waals surface area (Å²) in [6.45, 7) is 1.59. The summed E-state index contributed by atoms with van der Waals surface area (Å²) in [6.07, 6.45) is 4.70. The van der Waals surface area contributed by atoms with E-state index in [1.807, 2.05) is 22.4 Å². The third-order valence-corrected chi connectivity index (χ3v) is 5.97. The monoisotopic (exact) mass is 387 g/mol. The van der Waals surface area contributed by atoms with Crippen LogP contribution in [0.3, 0.4) is 0 Å². The Morgan fingerprint density at radius 1 is 1.15 bits per heavy atom. The number of thiophene rings is 1. The third kappa shape index (κ3) is 3.27. The molecule has 0 N–H and O–H groups in total. The minimum Gasteiger partial charge on any atom is -0.341 e. The predicted molar refractivity (Wildman–Crippen MR) is 105 cm³/mol. The molecule has 3 heterocycles. The fourth-order valence-electron chi connectivity index (χ4n) is 3.29. The number of hydrogen-bond donors (Lipinski definition) is 0. The van der Waals surface area contributed by atoms with E-state index in [4.69, 9.17) is 11.6 Å². The van der Waals surface area contributed by atoms with E-state index in [1.165, 1.54) is 22.2 Å². The van der Waals surface area contributed by atoms with Gasteiger partial charge in [0, 0.05) is 28.4 Å². The molecule has 0 aliphatic carbocycles. The minimum absolute atomic E-state index is 0.0174. The Bertz CT molecular complexity index is 1000. The van der Waals surface area contributed by atoms with E-state index in [2.05, 4.69) is 4.98 Å². The molecule has 1 aliphatic heterocycles. The number of nitrogens with zero attached hydrogens (tertiary/aromatic N) is 3. The molecule has 0 bridgehead atoms. The van der Waals surface area contributed by atoms with E-state index < -0.39 is 0 Å². The minimum atomic E-state index is -0.174. The lowest BCUT2D eigenvalue weighted by molar-refractivity contribution is -0.132. The smallest absolute Gasteiger partial charge is 0.263 e. The first-order valence-corrected chi connectivity index (χ1v) is 9.89. The fourth-order valence-corrected chi connectivity index (χ4v) is 4.41. The molecule has 3 aromatic rings. The van der Waals surface area contributed by atoms with Crippen molar-refractivity contribution in [1.29, 1.82) is 0 Å². The van der Waals surface area contributed by atoms with Crippen molar-refractivity contribution in [2.45, 2.75) is 25.8 Å². The van der Waals surface area contributed by atoms with E-state index >= 15 is 0 Å². The molecule has 1 aromatic carbocycles. The Morgan fingerprint density at radius 3 is 2.62 bits per heavy atom. The van der Waals surface area contributed by atoms with E-state index in [0.717, 1.165) is 42.8 Å². The van der Waals surface area contributed by atoms with Crippen LogP contribution in [0.5, 0.6) is 0 Å². The number of rotatable bonds is 3. The number of hydrogen-bond acceptors (Lipinski definition) is 4. The molecule has 0 radical (unpaired) electrons. The van der Waals surface area contributed by atoms with Gasteiger partial charge in [-0.1, -0.05) is 23.7 Å². The van der Waals surface area contributed by atoms with Gasteiger partial charge in [-0.3, -0.25) is 14.2 Å². The van der Waals surface area contributed by atoms with Gasteiger partial charge in [0.05, 0.1) is 17.2 Å². The Hall–Kier alpha value is -2.18. The number of carbonyl (C=O) groups is 1. The second-order valence-corrected chi connectivity index (χ2v) is 7.77. The van der Waals surface area contributed by atoms with Crippen LogP contribution in [0.25, 0.3) is 21.3 Å². The molecule has 1 fully saturated rings. The molecule has 7 heteroatoms. The number of likely N-dealkylation sites (tertiary alicyclic amines) is 1. The van der Waals surface area contributed by atoms with Crippen molar-refractivity contribution in [1.82, 2.24) is 14.5 Å². The van der Waals surface area contributed by atoms with Crippen LogP contribution in [0.1, 0.15) is 19.3 Å². The van der Waals surface area contributed by atoms with Gasteiger partial charge >= 0.3 is 0 Å². The van der Waals surface area contributed by atoms with Gasteiger partial charge in [-0.25, -0.2) is 4.98 Å². The second-order valence-electron chi connectivity index (χ2n) is 6.45. The summed E-state index contributed by atoms with van der Waals surface area (Å²) < 4.78 is 1.42. The van der Waals surface area contributed by atoms with E-state index in [0.29, 0.717) is 15.9 Å². The molecule has 4 rings (SSSR count). The predicted octanol–water partition coefficient (Wildman–Crippen LogP) is 3.79. The normalized spacial score (nSPS) is 14.7. The molecule has 0 atom stereocenters. The number of piperidine rings is 1. The lowest BCUT2D eigenvalue weighted by Gasteiger charge is -2.26. The van der Waals surface area contributed by atoms with Gasteiger partial charge in [-0.05, 0) is 37.0 Å². The number of carbonyl (C=O) groups excluding carboxylic acids is 1. The van der Waals surface area contributed by atoms with Crippen molar-refractivity contribution in [3.05, 3.63) is 51.3 Å². The SMILES string of the molecule is O=C(Cn1cnc2csc(-c3ccc(Cl)cc3)c2c1=O)N1CCCCC1. The van der Waals surface area contributed by atoms with Crippen LogP contribution in [0, 0.1) is 0 Å². The fraction of sp³-hybridized carbons (Fsp3) is 0.316. The maximum Gasteiger partial charge on any atom is 0.263 e. The molecule has 1 saturated heterocycles. The zero-order chi connectivity index (χ0) is 18.1. The highest BCUT2D eigenvalue weighted by atomic mass is 35.5. The molecule has 0 spiro atoms. The van der Waals surface area contributed by atoms with E-state index in [-0.39, 0.29) is 18.0 Å². The van der Waals surface area contributed by atoms with Crippen molar-refractivity contribution in [2.75, 3.05) is 13.1 Å². The van der Waals surface area contributed by atoms with Crippen LogP contribution in [-0.2, 0) is 11.3 Å². The number of benzene rings is 1. The molecule has 0 saturated carbocycles. The van der Waals surface area contributed by atoms with Gasteiger partial charge in [0.1, 0.15) is 6.54 Å². The standard InChI is InChI=1S/C19H18ClN3O2S/c20-14-6-4-13(5-7-14)18-17-15(11-26-18)21-12-23(19(17)25)10-16(24)22-8-2-1-3-9-22/h4-7,11-12H,1-3,8-10H2. The van der Waals surface area contributed by atoms with Crippen molar-refractivity contribution in [2.24, 2.45) is 0 Å². The van der Waals surface area contributed by atoms with Crippen molar-refractivity contribution in [3.63, 3.8) is 0 Å². The highest BCUT2D eigenvalue weighted by molar-refractivity contribution is 7.15. The average Bonchev–Trinajstić information content (AvgIpc) is 3.10. The number of amides is 1. The van der Waals surface area contributed by atoms with Gasteiger partial charge in [0.2, 0.25) is 5.91 Å². The summed E-state index contributed by atoms with van der Waals surface area (Å²) in [7, 11) is 0. The zero-order valence-corrected chi connectivity index (χ0v) is 15.7. The number of fused-ring (bicyclic) bond motifs is 1. The van der Waals surface area contributed by atoms with Crippen LogP contribution in [0.15, 0.2) is 40.8 Å². The molecule has 2 aromatic heterocycles. The van der Waals surface area contributed by atoms with Crippen molar-refractivity contribution >= 4 is 39.7 Å². The molecular weight excluding hydrogens is 370 g/mol. The van der Waals surface area contributed by atoms with Crippen molar-refractivity contribution < 1.29 is 4.79 Å². The summed E-state index contributed by atoms with van der Waals surface area (Å²) in [5.74, 6) is -0.0174. The van der Waals surface area contributed by atoms with Gasteiger partial charge < -0.3 is 4.90 Å². The van der Waals surface area contributed by atoms with Crippen LogP contribution < -0.4 is 5.56 Å². The summed E-state index contributed by atoms with van der Waals surface area (Å²) >= 11 is 7.44. The first-order valence-electron chi connectivity index (χ1n) is 8.64. The third-order valence-electron chi connectivity index (χ3n) is 4.70. The van der Waals surface area contributed by atoms with Gasteiger partial charge in [-0.2, -0.15) is 0 Å². The molecule has 1 aliphatic rings. The van der Waals surface area contributed by atoms with Crippen LogP contribution in [0.2, 0.25) is 5.02 Å². The molecule has 5 nitrogen and oxygen atoms in total. The average molecular weight is 388 g/mol. The Kier molecular flexibility index (Phi) is 4.78. The largest absolute Gasteiger partial charge is 0.341 e. The Labute approximate surface area is 159 Å². The van der Waals surface area contributed by atoms with Gasteiger partial charge in [0.15, 0.2) is 0 Å². The van der Waals surface area contributed by atoms with E-state index in [9.17, 15) is 9.59 Å². The summed E-state index contributed by atoms with van der Waals surface area (Å²) in [4.78, 5) is 32.6. The topological polar surface area (TPSA) is 55.2 Å². The maximum atomic E-state index is 13.0. The highest BCUT2D eigenvalue weighted by Gasteiger charge is 2.19. The first-order chi connectivity index (χ1) is 12.6. The molecule has 134 valence electrons.